The van der Waals surface area contributed by atoms with Crippen molar-refractivity contribution in [1.29, 1.82) is 0 Å². The first-order chi connectivity index (χ1) is 21.4. The Morgan fingerprint density at radius 3 is 2.52 bits per heavy atom. The Balaban J connectivity index is 1.20. The molecule has 0 aromatic heterocycles. The number of benzene rings is 3. The lowest BCUT2D eigenvalue weighted by molar-refractivity contribution is -0.122. The number of phenols is 1. The van der Waals surface area contributed by atoms with Crippen molar-refractivity contribution >= 4 is 50.9 Å². The minimum Gasteiger partial charge on any atom is -0.507 e. The topological polar surface area (TPSA) is 88.1 Å². The van der Waals surface area contributed by atoms with E-state index in [2.05, 4.69) is 28.2 Å². The molecule has 2 N–H and O–H groups in total. The van der Waals surface area contributed by atoms with Crippen molar-refractivity contribution in [3.63, 3.8) is 0 Å². The average molecular weight is 658 g/mol. The molecule has 3 aromatic carbocycles. The van der Waals surface area contributed by atoms with E-state index in [1.807, 2.05) is 72.8 Å². The highest BCUT2D eigenvalue weighted by atomic mass is 79.9. The van der Waals surface area contributed by atoms with Crippen LogP contribution in [0, 0.1) is 17.8 Å². The van der Waals surface area contributed by atoms with E-state index in [4.69, 9.17) is 9.47 Å². The van der Waals surface area contributed by atoms with Crippen LogP contribution >= 0.6 is 15.9 Å². The number of amides is 2. The monoisotopic (exact) mass is 656 g/mol. The number of allylic oxidation sites excluding steroid dienone is 1. The summed E-state index contributed by atoms with van der Waals surface area (Å²) in [4.78, 5) is 29.1. The lowest BCUT2D eigenvalue weighted by Crippen LogP contribution is -2.35. The number of ether oxygens (including phenoxy) is 2. The van der Waals surface area contributed by atoms with Crippen LogP contribution in [-0.4, -0.2) is 43.3 Å². The van der Waals surface area contributed by atoms with Crippen molar-refractivity contribution in [3.05, 3.63) is 99.6 Å². The van der Waals surface area contributed by atoms with Gasteiger partial charge in [0.1, 0.15) is 5.75 Å². The Labute approximate surface area is 266 Å². The Bertz CT molecular complexity index is 1600. The zero-order valence-electron chi connectivity index (χ0n) is 25.0. The van der Waals surface area contributed by atoms with E-state index < -0.39 is 11.8 Å². The SMILES string of the molecule is CC/C(=C\c1cc(Br)ccc1O)CC[C@H]1OC[C@H]2C1=C(COC)C[C@H]1C(=O)N(c3ccc(Nc4ccccc4)cc3)C(=O)[C@H]12. The van der Waals surface area contributed by atoms with Crippen molar-refractivity contribution in [2.75, 3.05) is 30.5 Å². The fourth-order valence-corrected chi connectivity index (χ4v) is 7.32. The standard InChI is InChI=1S/C36H37BrN2O5/c1-3-22(17-23-18-25(37)10-15-31(23)40)9-16-32-33-24(20-43-2)19-29-34(30(33)21-44-32)36(42)39(35(29)41)28-13-11-27(12-14-28)38-26-7-5-4-6-8-26/h4-8,10-15,17-18,29-30,32,34,38,40H,3,9,16,19-21H2,1-2H3/b22-17+/t29-,30+,32-,34-/m1/s1. The number of imide groups is 1. The molecule has 0 saturated carbocycles. The number of fused-ring (bicyclic) bond motifs is 3. The second-order valence-electron chi connectivity index (χ2n) is 11.7. The minimum atomic E-state index is -0.440. The fourth-order valence-electron chi connectivity index (χ4n) is 6.94. The number of hydrogen-bond donors (Lipinski definition) is 2. The second-order valence-corrected chi connectivity index (χ2v) is 12.6. The van der Waals surface area contributed by atoms with Crippen LogP contribution in [0.15, 0.2) is 94.0 Å². The first kappa shape index (κ1) is 30.3. The molecule has 6 rings (SSSR count). The van der Waals surface area contributed by atoms with Gasteiger partial charge in [-0.1, -0.05) is 52.7 Å². The number of para-hydroxylation sites is 1. The smallest absolute Gasteiger partial charge is 0.238 e. The van der Waals surface area contributed by atoms with Crippen LogP contribution in [0.4, 0.5) is 17.1 Å². The summed E-state index contributed by atoms with van der Waals surface area (Å²) in [6.07, 6.45) is 4.80. The van der Waals surface area contributed by atoms with Gasteiger partial charge in [-0.3, -0.25) is 14.5 Å². The van der Waals surface area contributed by atoms with Gasteiger partial charge in [-0.25, -0.2) is 0 Å². The maximum atomic E-state index is 14.0. The highest BCUT2D eigenvalue weighted by Gasteiger charge is 2.57. The van der Waals surface area contributed by atoms with Crippen molar-refractivity contribution < 1.29 is 24.2 Å². The largest absolute Gasteiger partial charge is 0.507 e. The number of aromatic hydroxyl groups is 1. The van der Waals surface area contributed by atoms with Crippen molar-refractivity contribution in [2.24, 2.45) is 17.8 Å². The number of methoxy groups -OCH3 is 1. The van der Waals surface area contributed by atoms with Gasteiger partial charge in [0.2, 0.25) is 11.8 Å². The molecule has 1 aliphatic carbocycles. The van der Waals surface area contributed by atoms with Gasteiger partial charge >= 0.3 is 0 Å². The molecule has 3 aliphatic rings. The average Bonchev–Trinajstić information content (AvgIpc) is 3.56. The molecule has 2 saturated heterocycles. The van der Waals surface area contributed by atoms with Gasteiger partial charge in [0.15, 0.2) is 0 Å². The Kier molecular flexibility index (Phi) is 9.03. The number of nitrogens with one attached hydrogen (secondary N) is 1. The van der Waals surface area contributed by atoms with Crippen LogP contribution in [0.2, 0.25) is 0 Å². The molecule has 228 valence electrons. The minimum absolute atomic E-state index is 0.141. The zero-order valence-corrected chi connectivity index (χ0v) is 26.5. The van der Waals surface area contributed by atoms with Gasteiger partial charge in [0.25, 0.3) is 0 Å². The highest BCUT2D eigenvalue weighted by molar-refractivity contribution is 9.10. The van der Waals surface area contributed by atoms with Crippen LogP contribution < -0.4 is 10.2 Å². The number of halogens is 1. The second kappa shape index (κ2) is 13.1. The number of phenolic OH excluding ortho intramolecular Hbond substituents is 1. The molecule has 2 heterocycles. The third-order valence-electron chi connectivity index (χ3n) is 9.05. The fraction of sp³-hybridized carbons (Fsp3) is 0.333. The maximum absolute atomic E-state index is 14.0. The summed E-state index contributed by atoms with van der Waals surface area (Å²) in [5.74, 6) is -1.05. The van der Waals surface area contributed by atoms with Crippen molar-refractivity contribution in [2.45, 2.75) is 38.7 Å². The van der Waals surface area contributed by atoms with Crippen LogP contribution in [-0.2, 0) is 19.1 Å². The van der Waals surface area contributed by atoms with Crippen LogP contribution in [0.1, 0.15) is 38.2 Å². The summed E-state index contributed by atoms with van der Waals surface area (Å²) in [7, 11) is 1.67. The lowest BCUT2D eigenvalue weighted by atomic mass is 9.69. The van der Waals surface area contributed by atoms with Gasteiger partial charge < -0.3 is 19.9 Å². The molecule has 7 nitrogen and oxygen atoms in total. The molecule has 0 unspecified atom stereocenters. The quantitative estimate of drug-likeness (QED) is 0.172. The van der Waals surface area contributed by atoms with Gasteiger partial charge in [0.05, 0.1) is 36.8 Å². The molecule has 0 spiro atoms. The molecule has 44 heavy (non-hydrogen) atoms. The van der Waals surface area contributed by atoms with Gasteiger partial charge in [-0.05, 0) is 91.4 Å². The molecule has 2 aliphatic heterocycles. The maximum Gasteiger partial charge on any atom is 0.238 e. The summed E-state index contributed by atoms with van der Waals surface area (Å²) in [5.41, 5.74) is 6.64. The number of carbonyl (C=O) groups excluding carboxylic acids is 2. The number of hydrogen-bond acceptors (Lipinski definition) is 6. The predicted octanol–water partition coefficient (Wildman–Crippen LogP) is 7.64. The van der Waals surface area contributed by atoms with Gasteiger partial charge in [0, 0.05) is 34.4 Å². The van der Waals surface area contributed by atoms with Crippen LogP contribution in [0.25, 0.3) is 6.08 Å². The molecule has 2 amide bonds. The molecule has 4 atom stereocenters. The van der Waals surface area contributed by atoms with E-state index >= 15 is 0 Å². The molecule has 0 bridgehead atoms. The van der Waals surface area contributed by atoms with E-state index in [-0.39, 0.29) is 29.6 Å². The highest BCUT2D eigenvalue weighted by Crippen LogP contribution is 2.50. The van der Waals surface area contributed by atoms with Crippen LogP contribution in [0.3, 0.4) is 0 Å². The summed E-state index contributed by atoms with van der Waals surface area (Å²) in [6, 6.07) is 22.7. The number of nitrogens with zero attached hydrogens (tertiary/aromatic N) is 1. The lowest BCUT2D eigenvalue weighted by Gasteiger charge is -2.31. The summed E-state index contributed by atoms with van der Waals surface area (Å²) in [6.45, 7) is 2.94. The molecule has 8 heteroatoms. The first-order valence-electron chi connectivity index (χ1n) is 15.2. The summed E-state index contributed by atoms with van der Waals surface area (Å²) >= 11 is 3.49. The van der Waals surface area contributed by atoms with E-state index in [1.54, 1.807) is 13.2 Å². The number of anilines is 3. The predicted molar refractivity (Wildman–Crippen MR) is 176 cm³/mol. The normalized spacial score (nSPS) is 23.2. The molecule has 2 fully saturated rings. The third kappa shape index (κ3) is 5.99. The Morgan fingerprint density at radius 2 is 1.80 bits per heavy atom. The Hall–Kier alpha value is -3.72. The van der Waals surface area contributed by atoms with Crippen LogP contribution in [0.5, 0.6) is 5.75 Å². The van der Waals surface area contributed by atoms with E-state index in [9.17, 15) is 14.7 Å². The summed E-state index contributed by atoms with van der Waals surface area (Å²) in [5, 5.41) is 13.7. The number of rotatable bonds is 10. The third-order valence-corrected chi connectivity index (χ3v) is 9.54. The summed E-state index contributed by atoms with van der Waals surface area (Å²) < 4.78 is 12.9. The first-order valence-corrected chi connectivity index (χ1v) is 16.0. The molecular formula is C36H37BrN2O5. The Morgan fingerprint density at radius 1 is 1.05 bits per heavy atom. The molecular weight excluding hydrogens is 620 g/mol. The van der Waals surface area contributed by atoms with Crippen molar-refractivity contribution in [3.8, 4) is 5.75 Å². The van der Waals surface area contributed by atoms with E-state index in [1.165, 1.54) is 10.5 Å². The zero-order chi connectivity index (χ0) is 30.8. The molecule has 0 radical (unpaired) electrons. The van der Waals surface area contributed by atoms with Gasteiger partial charge in [-0.2, -0.15) is 0 Å². The van der Waals surface area contributed by atoms with Gasteiger partial charge in [-0.15, -0.1) is 0 Å². The molecule has 3 aromatic rings. The number of carbonyl (C=O) groups is 2. The van der Waals surface area contributed by atoms with E-state index in [0.29, 0.717) is 25.3 Å². The van der Waals surface area contributed by atoms with Crippen molar-refractivity contribution in [1.82, 2.24) is 0 Å². The van der Waals surface area contributed by atoms with E-state index in [0.717, 1.165) is 51.8 Å².